The molecule has 0 spiro atoms. The summed E-state index contributed by atoms with van der Waals surface area (Å²) in [4.78, 5) is 11.1. The minimum atomic E-state index is -0.220. The van der Waals surface area contributed by atoms with E-state index >= 15 is 0 Å². The van der Waals surface area contributed by atoms with Gasteiger partial charge in [-0.3, -0.25) is 0 Å². The van der Waals surface area contributed by atoms with Crippen molar-refractivity contribution in [2.75, 3.05) is 0 Å². The van der Waals surface area contributed by atoms with Crippen LogP contribution >= 0.6 is 0 Å². The van der Waals surface area contributed by atoms with Gasteiger partial charge in [0.25, 0.3) is 0 Å². The zero-order valence-electron chi connectivity index (χ0n) is 11.5. The molecule has 17 heavy (non-hydrogen) atoms. The number of benzene rings is 1. The molecule has 0 amide bonds. The van der Waals surface area contributed by atoms with Crippen LogP contribution in [0.4, 0.5) is 5.69 Å². The molecule has 0 radical (unpaired) electrons. The van der Waals surface area contributed by atoms with Crippen molar-refractivity contribution in [3.05, 3.63) is 28.2 Å². The average molecular weight is 235 g/mol. The molecule has 0 heterocycles. The van der Waals surface area contributed by atoms with Crippen molar-refractivity contribution in [2.45, 2.75) is 52.4 Å². The highest BCUT2D eigenvalue weighted by Gasteiger charge is 2.27. The van der Waals surface area contributed by atoms with Gasteiger partial charge in [0.05, 0.1) is 0 Å². The number of hydrogen-bond acceptors (Lipinski definition) is 3. The fourth-order valence-corrected chi connectivity index (χ4v) is 1.86. The van der Waals surface area contributed by atoms with E-state index in [0.717, 1.165) is 11.1 Å². The number of hydrogen-bond donors (Lipinski definition) is 1. The van der Waals surface area contributed by atoms with Crippen LogP contribution in [0, 0.1) is 4.91 Å². The lowest BCUT2D eigenvalue weighted by molar-refractivity contribution is 0.466. The molecule has 0 saturated heterocycles. The number of nitrogens with zero attached hydrogens (tertiary/aromatic N) is 1. The van der Waals surface area contributed by atoms with Gasteiger partial charge in [0.15, 0.2) is 0 Å². The summed E-state index contributed by atoms with van der Waals surface area (Å²) in [5.74, 6) is 0.187. The predicted molar refractivity (Wildman–Crippen MR) is 71.0 cm³/mol. The summed E-state index contributed by atoms with van der Waals surface area (Å²) in [7, 11) is 0. The highest BCUT2D eigenvalue weighted by Crippen LogP contribution is 2.41. The van der Waals surface area contributed by atoms with Gasteiger partial charge in [-0.2, -0.15) is 0 Å². The molecular weight excluding hydrogens is 214 g/mol. The molecule has 1 rings (SSSR count). The Morgan fingerprint density at radius 1 is 0.941 bits per heavy atom. The maximum Gasteiger partial charge on any atom is 0.116 e. The first kappa shape index (κ1) is 13.7. The third-order valence-electron chi connectivity index (χ3n) is 2.80. The van der Waals surface area contributed by atoms with E-state index in [1.54, 1.807) is 12.1 Å². The van der Waals surface area contributed by atoms with E-state index in [9.17, 15) is 10.0 Å². The van der Waals surface area contributed by atoms with Crippen LogP contribution in [0.25, 0.3) is 0 Å². The largest absolute Gasteiger partial charge is 0.508 e. The number of phenolic OH excluding ortho intramolecular Hbond substituents is 1. The average Bonchev–Trinajstić information content (AvgIpc) is 2.13. The Hall–Kier alpha value is -1.38. The first-order valence-electron chi connectivity index (χ1n) is 5.78. The Balaban J connectivity index is 3.64. The molecule has 0 aromatic heterocycles. The third-order valence-corrected chi connectivity index (χ3v) is 2.80. The van der Waals surface area contributed by atoms with E-state index in [4.69, 9.17) is 0 Å². The molecule has 0 saturated carbocycles. The van der Waals surface area contributed by atoms with Gasteiger partial charge in [0, 0.05) is 0 Å². The zero-order chi connectivity index (χ0) is 13.4. The highest BCUT2D eigenvalue weighted by molar-refractivity contribution is 5.61. The normalized spacial score (nSPS) is 12.6. The Kier molecular flexibility index (Phi) is 3.33. The van der Waals surface area contributed by atoms with Crippen molar-refractivity contribution >= 4 is 5.69 Å². The molecule has 1 aromatic carbocycles. The molecule has 0 fully saturated rings. The van der Waals surface area contributed by atoms with Crippen molar-refractivity contribution < 1.29 is 5.11 Å². The van der Waals surface area contributed by atoms with Gasteiger partial charge >= 0.3 is 0 Å². The summed E-state index contributed by atoms with van der Waals surface area (Å²) in [6.07, 6.45) is 0. The lowest BCUT2D eigenvalue weighted by Gasteiger charge is -2.27. The molecule has 0 aliphatic heterocycles. The Morgan fingerprint density at radius 3 is 1.53 bits per heavy atom. The summed E-state index contributed by atoms with van der Waals surface area (Å²) in [6.45, 7) is 12.0. The maximum absolute atomic E-state index is 11.1. The van der Waals surface area contributed by atoms with Gasteiger partial charge in [-0.15, -0.1) is 4.91 Å². The van der Waals surface area contributed by atoms with E-state index in [2.05, 4.69) is 5.18 Å². The molecule has 3 heteroatoms. The SMILES string of the molecule is CC(C)(C)c1cc(O)cc(C(C)(C)C)c1N=O. The monoisotopic (exact) mass is 235 g/mol. The van der Waals surface area contributed by atoms with E-state index in [-0.39, 0.29) is 16.6 Å². The van der Waals surface area contributed by atoms with E-state index in [0.29, 0.717) is 5.69 Å². The standard InChI is InChI=1S/C14H21NO2/c1-13(2,3)10-7-9(16)8-11(12(10)15-17)14(4,5)6/h7-8,16H,1-6H3. The van der Waals surface area contributed by atoms with Gasteiger partial charge < -0.3 is 5.11 Å². The van der Waals surface area contributed by atoms with Crippen LogP contribution in [0.2, 0.25) is 0 Å². The molecule has 0 aliphatic rings. The summed E-state index contributed by atoms with van der Waals surface area (Å²) < 4.78 is 0. The van der Waals surface area contributed by atoms with Crippen molar-refractivity contribution in [3.63, 3.8) is 0 Å². The summed E-state index contributed by atoms with van der Waals surface area (Å²) in [5, 5.41) is 13.0. The molecule has 0 bridgehead atoms. The van der Waals surface area contributed by atoms with Gasteiger partial charge in [0.1, 0.15) is 11.4 Å². The van der Waals surface area contributed by atoms with Gasteiger partial charge in [-0.05, 0) is 39.3 Å². The van der Waals surface area contributed by atoms with Crippen molar-refractivity contribution in [3.8, 4) is 5.75 Å². The van der Waals surface area contributed by atoms with E-state index in [1.807, 2.05) is 41.5 Å². The summed E-state index contributed by atoms with van der Waals surface area (Å²) in [6, 6.07) is 3.26. The van der Waals surface area contributed by atoms with Crippen LogP contribution in [0.5, 0.6) is 5.75 Å². The van der Waals surface area contributed by atoms with Crippen LogP contribution < -0.4 is 0 Å². The van der Waals surface area contributed by atoms with Gasteiger partial charge in [-0.25, -0.2) is 0 Å². The lowest BCUT2D eigenvalue weighted by Crippen LogP contribution is -2.17. The lowest BCUT2D eigenvalue weighted by atomic mass is 9.79. The second-order valence-electron chi connectivity index (χ2n) is 6.48. The molecular formula is C14H21NO2. The minimum absolute atomic E-state index is 0.187. The van der Waals surface area contributed by atoms with E-state index in [1.165, 1.54) is 0 Å². The van der Waals surface area contributed by atoms with Crippen LogP contribution in [0.15, 0.2) is 17.3 Å². The van der Waals surface area contributed by atoms with Crippen LogP contribution in [0.1, 0.15) is 52.7 Å². The molecule has 0 atom stereocenters. The predicted octanol–water partition coefficient (Wildman–Crippen LogP) is 4.39. The van der Waals surface area contributed by atoms with Crippen molar-refractivity contribution in [2.24, 2.45) is 5.18 Å². The topological polar surface area (TPSA) is 49.7 Å². The fourth-order valence-electron chi connectivity index (χ4n) is 1.86. The van der Waals surface area contributed by atoms with Crippen LogP contribution in [0.3, 0.4) is 0 Å². The molecule has 1 aromatic rings. The summed E-state index contributed by atoms with van der Waals surface area (Å²) in [5.41, 5.74) is 1.60. The highest BCUT2D eigenvalue weighted by atomic mass is 16.3. The van der Waals surface area contributed by atoms with Gasteiger partial charge in [-0.1, -0.05) is 41.5 Å². The molecule has 1 N–H and O–H groups in total. The Labute approximate surface area is 103 Å². The number of rotatable bonds is 1. The Morgan fingerprint density at radius 2 is 1.29 bits per heavy atom. The first-order chi connectivity index (χ1) is 7.57. The zero-order valence-corrected chi connectivity index (χ0v) is 11.5. The molecule has 0 unspecified atom stereocenters. The van der Waals surface area contributed by atoms with Gasteiger partial charge in [0.2, 0.25) is 0 Å². The van der Waals surface area contributed by atoms with Crippen molar-refractivity contribution in [1.29, 1.82) is 0 Å². The fraction of sp³-hybridized carbons (Fsp3) is 0.571. The van der Waals surface area contributed by atoms with Crippen LogP contribution in [-0.2, 0) is 10.8 Å². The van der Waals surface area contributed by atoms with Crippen molar-refractivity contribution in [1.82, 2.24) is 0 Å². The Bertz CT molecular complexity index is 402. The molecule has 3 nitrogen and oxygen atoms in total. The number of aromatic hydroxyl groups is 1. The number of nitroso groups, excluding NO2 is 1. The molecule has 94 valence electrons. The maximum atomic E-state index is 11.1. The number of phenols is 1. The van der Waals surface area contributed by atoms with E-state index < -0.39 is 0 Å². The third kappa shape index (κ3) is 2.84. The first-order valence-corrected chi connectivity index (χ1v) is 5.78. The molecule has 0 aliphatic carbocycles. The summed E-state index contributed by atoms with van der Waals surface area (Å²) >= 11 is 0. The minimum Gasteiger partial charge on any atom is -0.508 e. The smallest absolute Gasteiger partial charge is 0.116 e. The second kappa shape index (κ2) is 4.13. The van der Waals surface area contributed by atoms with Crippen LogP contribution in [-0.4, -0.2) is 5.11 Å². The quantitative estimate of drug-likeness (QED) is 0.734. The second-order valence-corrected chi connectivity index (χ2v) is 6.48.